The fourth-order valence-electron chi connectivity index (χ4n) is 3.40. The average molecular weight is 439 g/mol. The minimum absolute atomic E-state index is 0.0902. The van der Waals surface area contributed by atoms with Gasteiger partial charge in [-0.2, -0.15) is 0 Å². The SMILES string of the molecule is CN(C(=O)c1ccccc1C(=O)OCC(=O)Nc1cccc2ncccc12)c1ccccc1. The summed E-state index contributed by atoms with van der Waals surface area (Å²) < 4.78 is 5.21. The summed E-state index contributed by atoms with van der Waals surface area (Å²) >= 11 is 0. The molecule has 1 heterocycles. The molecule has 0 aliphatic heterocycles. The number of amides is 2. The number of carbonyl (C=O) groups is 3. The van der Waals surface area contributed by atoms with Crippen molar-refractivity contribution in [3.63, 3.8) is 0 Å². The van der Waals surface area contributed by atoms with Crippen LogP contribution in [0.2, 0.25) is 0 Å². The van der Waals surface area contributed by atoms with Crippen LogP contribution in [0.15, 0.2) is 91.1 Å². The van der Waals surface area contributed by atoms with Crippen molar-refractivity contribution in [2.24, 2.45) is 0 Å². The van der Waals surface area contributed by atoms with Crippen LogP contribution in [0.3, 0.4) is 0 Å². The van der Waals surface area contributed by atoms with Gasteiger partial charge in [0.2, 0.25) is 0 Å². The minimum Gasteiger partial charge on any atom is -0.452 e. The molecule has 0 atom stereocenters. The third-order valence-electron chi connectivity index (χ3n) is 5.08. The van der Waals surface area contributed by atoms with Crippen LogP contribution in [0.1, 0.15) is 20.7 Å². The summed E-state index contributed by atoms with van der Waals surface area (Å²) in [6.07, 6.45) is 1.67. The van der Waals surface area contributed by atoms with Gasteiger partial charge in [-0.1, -0.05) is 36.4 Å². The first-order valence-corrected chi connectivity index (χ1v) is 10.3. The van der Waals surface area contributed by atoms with E-state index in [1.807, 2.05) is 30.3 Å². The first kappa shape index (κ1) is 21.7. The Hall–Kier alpha value is -4.52. The maximum Gasteiger partial charge on any atom is 0.339 e. The standard InChI is InChI=1S/C26H21N3O4/c1-29(18-9-3-2-4-10-18)25(31)19-11-5-6-12-20(19)26(32)33-17-24(30)28-23-15-7-14-22-21(23)13-8-16-27-22/h2-16H,17H2,1H3,(H,28,30). The van der Waals surface area contributed by atoms with E-state index in [1.165, 1.54) is 11.0 Å². The van der Waals surface area contributed by atoms with Gasteiger partial charge in [-0.15, -0.1) is 0 Å². The first-order chi connectivity index (χ1) is 16.0. The van der Waals surface area contributed by atoms with E-state index in [-0.39, 0.29) is 17.0 Å². The number of pyridine rings is 1. The molecule has 0 spiro atoms. The van der Waals surface area contributed by atoms with E-state index in [4.69, 9.17) is 4.74 Å². The summed E-state index contributed by atoms with van der Waals surface area (Å²) in [5.41, 5.74) is 2.28. The number of anilines is 2. The molecule has 2 amide bonds. The zero-order valence-corrected chi connectivity index (χ0v) is 17.9. The monoisotopic (exact) mass is 439 g/mol. The maximum absolute atomic E-state index is 13.0. The van der Waals surface area contributed by atoms with E-state index in [2.05, 4.69) is 10.3 Å². The minimum atomic E-state index is -0.754. The van der Waals surface area contributed by atoms with E-state index in [0.717, 1.165) is 10.9 Å². The molecule has 7 heteroatoms. The summed E-state index contributed by atoms with van der Waals surface area (Å²) in [5, 5.41) is 3.51. The summed E-state index contributed by atoms with van der Waals surface area (Å²) in [5.74, 6) is -1.61. The fraction of sp³-hybridized carbons (Fsp3) is 0.0769. The average Bonchev–Trinajstić information content (AvgIpc) is 2.87. The van der Waals surface area contributed by atoms with E-state index >= 15 is 0 Å². The molecule has 33 heavy (non-hydrogen) atoms. The Morgan fingerprint density at radius 3 is 2.36 bits per heavy atom. The number of aromatic nitrogens is 1. The summed E-state index contributed by atoms with van der Waals surface area (Å²) in [4.78, 5) is 43.8. The number of carbonyl (C=O) groups excluding carboxylic acids is 3. The van der Waals surface area contributed by atoms with Crippen molar-refractivity contribution in [3.8, 4) is 0 Å². The molecule has 1 aromatic heterocycles. The second-order valence-electron chi connectivity index (χ2n) is 7.25. The Kier molecular flexibility index (Phi) is 6.40. The van der Waals surface area contributed by atoms with Crippen LogP contribution in [-0.4, -0.2) is 36.4 Å². The molecule has 0 aliphatic rings. The van der Waals surface area contributed by atoms with Crippen LogP contribution >= 0.6 is 0 Å². The zero-order chi connectivity index (χ0) is 23.2. The van der Waals surface area contributed by atoms with Crippen molar-refractivity contribution >= 4 is 40.1 Å². The molecule has 1 N–H and O–H groups in total. The van der Waals surface area contributed by atoms with E-state index in [1.54, 1.807) is 61.8 Å². The summed E-state index contributed by atoms with van der Waals surface area (Å²) in [6.45, 7) is -0.494. The molecule has 0 saturated heterocycles. The van der Waals surface area contributed by atoms with Gasteiger partial charge < -0.3 is 15.0 Å². The Bertz CT molecular complexity index is 1320. The highest BCUT2D eigenvalue weighted by Gasteiger charge is 2.22. The lowest BCUT2D eigenvalue weighted by atomic mass is 10.1. The van der Waals surface area contributed by atoms with Gasteiger partial charge in [0.25, 0.3) is 11.8 Å². The lowest BCUT2D eigenvalue weighted by molar-refractivity contribution is -0.119. The molecule has 164 valence electrons. The lowest BCUT2D eigenvalue weighted by Gasteiger charge is -2.18. The van der Waals surface area contributed by atoms with Gasteiger partial charge >= 0.3 is 5.97 Å². The second-order valence-corrected chi connectivity index (χ2v) is 7.25. The van der Waals surface area contributed by atoms with Gasteiger partial charge in [-0.05, 0) is 48.5 Å². The number of nitrogens with one attached hydrogen (secondary N) is 1. The van der Waals surface area contributed by atoms with Gasteiger partial charge in [0, 0.05) is 24.3 Å². The molecule has 4 aromatic rings. The molecule has 0 saturated carbocycles. The van der Waals surface area contributed by atoms with Gasteiger partial charge in [-0.25, -0.2) is 4.79 Å². The number of benzene rings is 3. The number of nitrogens with zero attached hydrogens (tertiary/aromatic N) is 2. The number of hydrogen-bond acceptors (Lipinski definition) is 5. The molecule has 4 rings (SSSR count). The Morgan fingerprint density at radius 1 is 0.848 bits per heavy atom. The quantitative estimate of drug-likeness (QED) is 0.453. The lowest BCUT2D eigenvalue weighted by Crippen LogP contribution is -2.28. The van der Waals surface area contributed by atoms with Crippen LogP contribution in [0.5, 0.6) is 0 Å². The Labute approximate surface area is 190 Å². The van der Waals surface area contributed by atoms with Crippen LogP contribution in [0.4, 0.5) is 11.4 Å². The molecule has 0 fully saturated rings. The van der Waals surface area contributed by atoms with Gasteiger partial charge in [0.15, 0.2) is 6.61 Å². The highest BCUT2D eigenvalue weighted by molar-refractivity contribution is 6.12. The molecule has 7 nitrogen and oxygen atoms in total. The van der Waals surface area contributed by atoms with Crippen LogP contribution in [0.25, 0.3) is 10.9 Å². The van der Waals surface area contributed by atoms with E-state index < -0.39 is 18.5 Å². The zero-order valence-electron chi connectivity index (χ0n) is 17.9. The van der Waals surface area contributed by atoms with Crippen molar-refractivity contribution in [1.82, 2.24) is 4.98 Å². The smallest absolute Gasteiger partial charge is 0.339 e. The Morgan fingerprint density at radius 2 is 1.58 bits per heavy atom. The number of ether oxygens (including phenoxy) is 1. The summed E-state index contributed by atoms with van der Waals surface area (Å²) in [6, 6.07) is 24.4. The first-order valence-electron chi connectivity index (χ1n) is 10.3. The molecular formula is C26H21N3O4. The van der Waals surface area contributed by atoms with Gasteiger partial charge in [-0.3, -0.25) is 14.6 Å². The number of para-hydroxylation sites is 1. The normalized spacial score (nSPS) is 10.5. The van der Waals surface area contributed by atoms with Crippen LogP contribution in [-0.2, 0) is 9.53 Å². The van der Waals surface area contributed by atoms with Crippen molar-refractivity contribution in [2.75, 3.05) is 23.9 Å². The van der Waals surface area contributed by atoms with Gasteiger partial charge in [0.1, 0.15) is 0 Å². The van der Waals surface area contributed by atoms with E-state index in [0.29, 0.717) is 11.4 Å². The number of fused-ring (bicyclic) bond motifs is 1. The number of hydrogen-bond donors (Lipinski definition) is 1. The number of rotatable bonds is 6. The molecule has 0 bridgehead atoms. The van der Waals surface area contributed by atoms with Gasteiger partial charge in [0.05, 0.1) is 22.3 Å². The molecule has 3 aromatic carbocycles. The molecule has 0 aliphatic carbocycles. The third-order valence-corrected chi connectivity index (χ3v) is 5.08. The van der Waals surface area contributed by atoms with E-state index in [9.17, 15) is 14.4 Å². The molecular weight excluding hydrogens is 418 g/mol. The predicted octanol–water partition coefficient (Wildman–Crippen LogP) is 4.31. The second kappa shape index (κ2) is 9.74. The maximum atomic E-state index is 13.0. The Balaban J connectivity index is 1.45. The topological polar surface area (TPSA) is 88.6 Å². The summed E-state index contributed by atoms with van der Waals surface area (Å²) in [7, 11) is 1.63. The third kappa shape index (κ3) is 4.88. The molecule has 0 unspecified atom stereocenters. The predicted molar refractivity (Wildman–Crippen MR) is 126 cm³/mol. The van der Waals surface area contributed by atoms with Crippen LogP contribution in [0, 0.1) is 0 Å². The van der Waals surface area contributed by atoms with Crippen molar-refractivity contribution in [2.45, 2.75) is 0 Å². The highest BCUT2D eigenvalue weighted by atomic mass is 16.5. The number of esters is 1. The fourth-order valence-corrected chi connectivity index (χ4v) is 3.40. The largest absolute Gasteiger partial charge is 0.452 e. The van der Waals surface area contributed by atoms with Crippen LogP contribution < -0.4 is 10.2 Å². The highest BCUT2D eigenvalue weighted by Crippen LogP contribution is 2.21. The van der Waals surface area contributed by atoms with Crippen molar-refractivity contribution < 1.29 is 19.1 Å². The van der Waals surface area contributed by atoms with Crippen molar-refractivity contribution in [3.05, 3.63) is 102 Å². The molecule has 0 radical (unpaired) electrons. The van der Waals surface area contributed by atoms with Crippen molar-refractivity contribution in [1.29, 1.82) is 0 Å².